The fraction of sp³-hybridized carbons (Fsp3) is 0.211. The minimum atomic E-state index is -0.362. The quantitative estimate of drug-likeness (QED) is 0.487. The Hall–Kier alpha value is -2.67. The second-order valence-corrected chi connectivity index (χ2v) is 7.14. The van der Waals surface area contributed by atoms with Gasteiger partial charge < -0.3 is 5.32 Å². The number of aromatic nitrogens is 2. The van der Waals surface area contributed by atoms with Gasteiger partial charge in [0.25, 0.3) is 5.69 Å². The summed E-state index contributed by atoms with van der Waals surface area (Å²) in [7, 11) is 0. The summed E-state index contributed by atoms with van der Waals surface area (Å²) in [5.41, 5.74) is 3.50. The molecule has 2 aromatic carbocycles. The summed E-state index contributed by atoms with van der Waals surface area (Å²) in [6.07, 6.45) is 3.01. The molecule has 1 aliphatic heterocycles. The lowest BCUT2D eigenvalue weighted by atomic mass is 10.0. The molecule has 0 saturated carbocycles. The minimum absolute atomic E-state index is 0.0460. The van der Waals surface area contributed by atoms with Gasteiger partial charge in [-0.25, -0.2) is 4.68 Å². The molecule has 0 radical (unpaired) electrons. The van der Waals surface area contributed by atoms with Crippen LogP contribution in [0, 0.1) is 10.1 Å². The highest BCUT2D eigenvalue weighted by Crippen LogP contribution is 2.36. The van der Waals surface area contributed by atoms with Crippen molar-refractivity contribution in [3.8, 4) is 16.9 Å². The van der Waals surface area contributed by atoms with Crippen molar-refractivity contribution in [2.75, 3.05) is 11.9 Å². The molecule has 2 heterocycles. The van der Waals surface area contributed by atoms with E-state index in [1.165, 1.54) is 6.07 Å². The van der Waals surface area contributed by atoms with Gasteiger partial charge in [-0.3, -0.25) is 10.1 Å². The van der Waals surface area contributed by atoms with Crippen molar-refractivity contribution in [1.29, 1.82) is 0 Å². The minimum Gasteiger partial charge on any atom is -0.370 e. The Bertz CT molecular complexity index is 983. The molecule has 0 unspecified atom stereocenters. The van der Waals surface area contributed by atoms with Gasteiger partial charge >= 0.3 is 0 Å². The highest BCUT2D eigenvalue weighted by Gasteiger charge is 2.25. The van der Waals surface area contributed by atoms with E-state index in [-0.39, 0.29) is 10.6 Å². The Kier molecular flexibility index (Phi) is 4.46. The van der Waals surface area contributed by atoms with Crippen molar-refractivity contribution < 1.29 is 4.92 Å². The van der Waals surface area contributed by atoms with Crippen LogP contribution in [0.15, 0.2) is 53.0 Å². The van der Waals surface area contributed by atoms with Gasteiger partial charge in [-0.15, -0.1) is 0 Å². The lowest BCUT2D eigenvalue weighted by Crippen LogP contribution is -2.08. The first kappa shape index (κ1) is 16.8. The number of para-hydroxylation sites is 2. The Labute approximate surface area is 159 Å². The summed E-state index contributed by atoms with van der Waals surface area (Å²) in [4.78, 5) is 11.1. The van der Waals surface area contributed by atoms with Gasteiger partial charge in [0.1, 0.15) is 11.5 Å². The summed E-state index contributed by atoms with van der Waals surface area (Å²) < 4.78 is 2.67. The predicted octanol–water partition coefficient (Wildman–Crippen LogP) is 4.96. The number of hydrogen-bond acceptors (Lipinski definition) is 4. The largest absolute Gasteiger partial charge is 0.370 e. The maximum Gasteiger partial charge on any atom is 0.294 e. The standard InChI is InChI=1S/C19H17BrN4O2/c20-14-7-5-6-13(12-14)18-15-8-3-4-11-21-19(15)23(22-18)16-9-1-2-10-17(16)24(25)26/h1-2,5-7,9-10,12,21H,3-4,8,11H2. The molecule has 3 aromatic rings. The SMILES string of the molecule is O=[N+]([O-])c1ccccc1-n1nc(-c2cccc(Br)c2)c2c1NCCCC2. The van der Waals surface area contributed by atoms with Gasteiger partial charge in [0, 0.05) is 28.2 Å². The fourth-order valence-corrected chi connectivity index (χ4v) is 3.74. The van der Waals surface area contributed by atoms with Crippen molar-refractivity contribution in [3.63, 3.8) is 0 Å². The van der Waals surface area contributed by atoms with Crippen LogP contribution in [0.3, 0.4) is 0 Å². The third kappa shape index (κ3) is 2.99. The molecule has 0 bridgehead atoms. The number of nitrogens with zero attached hydrogens (tertiary/aromatic N) is 3. The summed E-state index contributed by atoms with van der Waals surface area (Å²) in [6, 6.07) is 14.7. The third-order valence-corrected chi connectivity index (χ3v) is 5.03. The van der Waals surface area contributed by atoms with Gasteiger partial charge in [-0.1, -0.05) is 40.2 Å². The highest BCUT2D eigenvalue weighted by atomic mass is 79.9. The molecule has 26 heavy (non-hydrogen) atoms. The first-order valence-electron chi connectivity index (χ1n) is 8.50. The van der Waals surface area contributed by atoms with Crippen molar-refractivity contribution in [2.24, 2.45) is 0 Å². The molecule has 0 aliphatic carbocycles. The van der Waals surface area contributed by atoms with Gasteiger partial charge in [0.05, 0.1) is 10.6 Å². The van der Waals surface area contributed by atoms with Gasteiger partial charge in [-0.05, 0) is 37.5 Å². The maximum atomic E-state index is 11.5. The van der Waals surface area contributed by atoms with E-state index in [2.05, 4.69) is 21.2 Å². The van der Waals surface area contributed by atoms with E-state index >= 15 is 0 Å². The molecule has 1 aromatic heterocycles. The monoisotopic (exact) mass is 412 g/mol. The summed E-state index contributed by atoms with van der Waals surface area (Å²) in [5, 5.41) is 19.7. The predicted molar refractivity (Wildman–Crippen MR) is 105 cm³/mol. The number of nitro benzene ring substituents is 1. The molecular formula is C19H17BrN4O2. The normalized spacial score (nSPS) is 13.6. The van der Waals surface area contributed by atoms with Crippen molar-refractivity contribution in [2.45, 2.75) is 19.3 Å². The Morgan fingerprint density at radius 1 is 1.15 bits per heavy atom. The second kappa shape index (κ2) is 6.92. The van der Waals surface area contributed by atoms with E-state index in [9.17, 15) is 10.1 Å². The van der Waals surface area contributed by atoms with E-state index in [4.69, 9.17) is 5.10 Å². The maximum absolute atomic E-state index is 11.5. The average Bonchev–Trinajstić information content (AvgIpc) is 2.82. The lowest BCUT2D eigenvalue weighted by Gasteiger charge is -2.09. The Morgan fingerprint density at radius 3 is 2.81 bits per heavy atom. The number of nitro groups is 1. The number of rotatable bonds is 3. The third-order valence-electron chi connectivity index (χ3n) is 4.53. The molecule has 4 rings (SSSR count). The summed E-state index contributed by atoms with van der Waals surface area (Å²) >= 11 is 3.51. The number of halogens is 1. The zero-order valence-electron chi connectivity index (χ0n) is 14.0. The molecule has 132 valence electrons. The Balaban J connectivity index is 1.96. The van der Waals surface area contributed by atoms with E-state index < -0.39 is 0 Å². The first-order chi connectivity index (χ1) is 12.6. The molecule has 0 fully saturated rings. The smallest absolute Gasteiger partial charge is 0.294 e. The van der Waals surface area contributed by atoms with Crippen molar-refractivity contribution >= 4 is 27.4 Å². The van der Waals surface area contributed by atoms with E-state index in [0.717, 1.165) is 52.9 Å². The van der Waals surface area contributed by atoms with Crippen LogP contribution in [0.2, 0.25) is 0 Å². The summed E-state index contributed by atoms with van der Waals surface area (Å²) in [5.74, 6) is 0.853. The molecule has 1 N–H and O–H groups in total. The van der Waals surface area contributed by atoms with Crippen LogP contribution in [-0.2, 0) is 6.42 Å². The molecule has 0 spiro atoms. The second-order valence-electron chi connectivity index (χ2n) is 6.23. The topological polar surface area (TPSA) is 73.0 Å². The molecule has 0 atom stereocenters. The van der Waals surface area contributed by atoms with Crippen molar-refractivity contribution in [1.82, 2.24) is 9.78 Å². The Morgan fingerprint density at radius 2 is 2.00 bits per heavy atom. The van der Waals surface area contributed by atoms with Crippen LogP contribution in [0.5, 0.6) is 0 Å². The molecule has 7 heteroatoms. The molecule has 0 saturated heterocycles. The van der Waals surface area contributed by atoms with Crippen LogP contribution in [0.25, 0.3) is 16.9 Å². The molecular weight excluding hydrogens is 396 g/mol. The van der Waals surface area contributed by atoms with Gasteiger partial charge in [0.15, 0.2) is 0 Å². The van der Waals surface area contributed by atoms with Crippen LogP contribution in [0.1, 0.15) is 18.4 Å². The van der Waals surface area contributed by atoms with Crippen LogP contribution >= 0.6 is 15.9 Å². The number of nitrogens with one attached hydrogen (secondary N) is 1. The number of fused-ring (bicyclic) bond motifs is 1. The number of hydrogen-bond donors (Lipinski definition) is 1. The molecule has 0 amide bonds. The number of anilines is 1. The first-order valence-corrected chi connectivity index (χ1v) is 9.30. The lowest BCUT2D eigenvalue weighted by molar-refractivity contribution is -0.384. The van der Waals surface area contributed by atoms with E-state index in [1.54, 1.807) is 22.9 Å². The highest BCUT2D eigenvalue weighted by molar-refractivity contribution is 9.10. The fourth-order valence-electron chi connectivity index (χ4n) is 3.34. The average molecular weight is 413 g/mol. The summed E-state index contributed by atoms with van der Waals surface area (Å²) in [6.45, 7) is 0.831. The van der Waals surface area contributed by atoms with Crippen LogP contribution in [-0.4, -0.2) is 21.2 Å². The van der Waals surface area contributed by atoms with E-state index in [1.807, 2.05) is 24.3 Å². The van der Waals surface area contributed by atoms with Gasteiger partial charge in [0.2, 0.25) is 0 Å². The van der Waals surface area contributed by atoms with Gasteiger partial charge in [-0.2, -0.15) is 5.10 Å². The number of benzene rings is 2. The van der Waals surface area contributed by atoms with Crippen molar-refractivity contribution in [3.05, 3.63) is 68.7 Å². The molecule has 1 aliphatic rings. The zero-order valence-corrected chi connectivity index (χ0v) is 15.6. The molecule has 6 nitrogen and oxygen atoms in total. The zero-order chi connectivity index (χ0) is 18.1. The van der Waals surface area contributed by atoms with Crippen LogP contribution < -0.4 is 5.32 Å². The van der Waals surface area contributed by atoms with Crippen LogP contribution in [0.4, 0.5) is 11.5 Å². The van der Waals surface area contributed by atoms with E-state index in [0.29, 0.717) is 5.69 Å².